The summed E-state index contributed by atoms with van der Waals surface area (Å²) < 4.78 is 38.9. The molecule has 0 bridgehead atoms. The SMILES string of the molecule is COc1ccc(S(=O)(=O)NC(Cc2ccccc2)C(=O)Nc2ccccc2OC)cc1Cl. The van der Waals surface area contributed by atoms with Crippen LogP contribution in [-0.4, -0.2) is 34.6 Å². The molecule has 3 aromatic rings. The van der Waals surface area contributed by atoms with Crippen molar-refractivity contribution in [3.05, 3.63) is 83.4 Å². The zero-order valence-electron chi connectivity index (χ0n) is 17.5. The van der Waals surface area contributed by atoms with Gasteiger partial charge in [0.2, 0.25) is 15.9 Å². The van der Waals surface area contributed by atoms with Gasteiger partial charge in [0.15, 0.2) is 0 Å². The summed E-state index contributed by atoms with van der Waals surface area (Å²) in [6.07, 6.45) is 0.144. The molecule has 0 aliphatic heterocycles. The zero-order chi connectivity index (χ0) is 23.1. The lowest BCUT2D eigenvalue weighted by Crippen LogP contribution is -2.45. The third kappa shape index (κ3) is 5.79. The number of sulfonamides is 1. The molecule has 0 radical (unpaired) electrons. The van der Waals surface area contributed by atoms with Crippen molar-refractivity contribution in [3.8, 4) is 11.5 Å². The second kappa shape index (κ2) is 10.5. The topological polar surface area (TPSA) is 93.7 Å². The minimum Gasteiger partial charge on any atom is -0.495 e. The normalized spacial score (nSPS) is 12.1. The number of nitrogens with one attached hydrogen (secondary N) is 2. The van der Waals surface area contributed by atoms with E-state index in [0.29, 0.717) is 17.2 Å². The molecule has 0 aliphatic rings. The lowest BCUT2D eigenvalue weighted by Gasteiger charge is -2.20. The van der Waals surface area contributed by atoms with Crippen molar-refractivity contribution in [1.29, 1.82) is 0 Å². The van der Waals surface area contributed by atoms with Crippen molar-refractivity contribution >= 4 is 33.2 Å². The number of hydrogen-bond acceptors (Lipinski definition) is 5. The molecular formula is C23H23ClN2O5S. The van der Waals surface area contributed by atoms with E-state index < -0.39 is 22.0 Å². The van der Waals surface area contributed by atoms with Crippen molar-refractivity contribution in [1.82, 2.24) is 4.72 Å². The number of rotatable bonds is 9. The van der Waals surface area contributed by atoms with Gasteiger partial charge in [-0.2, -0.15) is 4.72 Å². The number of para-hydroxylation sites is 2. The van der Waals surface area contributed by atoms with Crippen molar-refractivity contribution < 1.29 is 22.7 Å². The molecule has 0 saturated carbocycles. The Morgan fingerprint density at radius 2 is 1.59 bits per heavy atom. The maximum Gasteiger partial charge on any atom is 0.243 e. The maximum atomic E-state index is 13.1. The number of carbonyl (C=O) groups is 1. The van der Waals surface area contributed by atoms with Crippen molar-refractivity contribution in [3.63, 3.8) is 0 Å². The van der Waals surface area contributed by atoms with Crippen molar-refractivity contribution in [2.24, 2.45) is 0 Å². The van der Waals surface area contributed by atoms with Crippen LogP contribution in [0.15, 0.2) is 77.7 Å². The summed E-state index contributed by atoms with van der Waals surface area (Å²) in [5, 5.41) is 2.90. The summed E-state index contributed by atoms with van der Waals surface area (Å²) in [4.78, 5) is 13.0. The number of halogens is 1. The van der Waals surface area contributed by atoms with E-state index in [0.717, 1.165) is 5.56 Å². The molecule has 0 saturated heterocycles. The van der Waals surface area contributed by atoms with E-state index in [9.17, 15) is 13.2 Å². The fraction of sp³-hybridized carbons (Fsp3) is 0.174. The average molecular weight is 475 g/mol. The molecule has 1 unspecified atom stereocenters. The van der Waals surface area contributed by atoms with Crippen LogP contribution in [0.4, 0.5) is 5.69 Å². The monoisotopic (exact) mass is 474 g/mol. The molecule has 0 aliphatic carbocycles. The van der Waals surface area contributed by atoms with Gasteiger partial charge in [-0.05, 0) is 42.3 Å². The first kappa shape index (κ1) is 23.6. The molecular weight excluding hydrogens is 452 g/mol. The van der Waals surface area contributed by atoms with Crippen LogP contribution in [0.2, 0.25) is 5.02 Å². The second-order valence-corrected chi connectivity index (χ2v) is 8.97. The summed E-state index contributed by atoms with van der Waals surface area (Å²) in [5.74, 6) is 0.283. The highest BCUT2D eigenvalue weighted by atomic mass is 35.5. The molecule has 9 heteroatoms. The van der Waals surface area contributed by atoms with Gasteiger partial charge in [-0.25, -0.2) is 8.42 Å². The van der Waals surface area contributed by atoms with Crippen molar-refractivity contribution in [2.75, 3.05) is 19.5 Å². The molecule has 0 fully saturated rings. The number of hydrogen-bond donors (Lipinski definition) is 2. The summed E-state index contributed by atoms with van der Waals surface area (Å²) >= 11 is 6.09. The number of carbonyl (C=O) groups excluding carboxylic acids is 1. The Morgan fingerprint density at radius 1 is 0.938 bits per heavy atom. The zero-order valence-corrected chi connectivity index (χ0v) is 19.1. The minimum atomic E-state index is -4.06. The van der Waals surface area contributed by atoms with Crippen LogP contribution in [-0.2, 0) is 21.2 Å². The first-order chi connectivity index (χ1) is 15.3. The molecule has 1 atom stereocenters. The van der Waals surface area contributed by atoms with Gasteiger partial charge in [-0.15, -0.1) is 0 Å². The molecule has 0 spiro atoms. The predicted octanol–water partition coefficient (Wildman–Crippen LogP) is 3.89. The summed E-state index contributed by atoms with van der Waals surface area (Å²) in [6, 6.07) is 19.0. The van der Waals surface area contributed by atoms with E-state index in [2.05, 4.69) is 10.0 Å². The van der Waals surface area contributed by atoms with Gasteiger partial charge in [0, 0.05) is 0 Å². The highest BCUT2D eigenvalue weighted by molar-refractivity contribution is 7.89. The molecule has 0 heterocycles. The van der Waals surface area contributed by atoms with E-state index in [1.54, 1.807) is 24.3 Å². The van der Waals surface area contributed by atoms with E-state index in [-0.39, 0.29) is 16.3 Å². The van der Waals surface area contributed by atoms with Gasteiger partial charge in [0.1, 0.15) is 17.5 Å². The highest BCUT2D eigenvalue weighted by Gasteiger charge is 2.27. The van der Waals surface area contributed by atoms with Crippen LogP contribution in [0.25, 0.3) is 0 Å². The molecule has 3 rings (SSSR count). The Balaban J connectivity index is 1.90. The highest BCUT2D eigenvalue weighted by Crippen LogP contribution is 2.27. The Hall–Kier alpha value is -3.07. The van der Waals surface area contributed by atoms with E-state index in [1.807, 2.05) is 30.3 Å². The fourth-order valence-electron chi connectivity index (χ4n) is 3.08. The third-order valence-electron chi connectivity index (χ3n) is 4.69. The summed E-state index contributed by atoms with van der Waals surface area (Å²) in [7, 11) is -1.14. The predicted molar refractivity (Wildman–Crippen MR) is 124 cm³/mol. The number of ether oxygens (including phenoxy) is 2. The van der Waals surface area contributed by atoms with Gasteiger partial charge in [-0.3, -0.25) is 4.79 Å². The Morgan fingerprint density at radius 3 is 2.25 bits per heavy atom. The quantitative estimate of drug-likeness (QED) is 0.490. The molecule has 7 nitrogen and oxygen atoms in total. The standard InChI is InChI=1S/C23H23ClN2O5S/c1-30-21-13-12-17(15-18(21)24)32(28,29)26-20(14-16-8-4-3-5-9-16)23(27)25-19-10-6-7-11-22(19)31-2/h3-13,15,20,26H,14H2,1-2H3,(H,25,27). The van der Waals surface area contributed by atoms with Gasteiger partial charge < -0.3 is 14.8 Å². The van der Waals surface area contributed by atoms with Crippen LogP contribution in [0.1, 0.15) is 5.56 Å². The molecule has 2 N–H and O–H groups in total. The Labute approximate surface area is 192 Å². The largest absolute Gasteiger partial charge is 0.495 e. The first-order valence-electron chi connectivity index (χ1n) is 9.67. The number of amides is 1. The van der Waals surface area contributed by atoms with Crippen LogP contribution in [0, 0.1) is 0 Å². The molecule has 1 amide bonds. The first-order valence-corrected chi connectivity index (χ1v) is 11.5. The molecule has 32 heavy (non-hydrogen) atoms. The summed E-state index contributed by atoms with van der Waals surface area (Å²) in [6.45, 7) is 0. The minimum absolute atomic E-state index is 0.0774. The lowest BCUT2D eigenvalue weighted by molar-refractivity contribution is -0.117. The van der Waals surface area contributed by atoms with Crippen molar-refractivity contribution in [2.45, 2.75) is 17.4 Å². The van der Waals surface area contributed by atoms with Crippen LogP contribution < -0.4 is 19.5 Å². The van der Waals surface area contributed by atoms with Gasteiger partial charge in [0.25, 0.3) is 0 Å². The molecule has 0 aromatic heterocycles. The van der Waals surface area contributed by atoms with Crippen LogP contribution >= 0.6 is 11.6 Å². The third-order valence-corrected chi connectivity index (χ3v) is 6.46. The van der Waals surface area contributed by atoms with Crippen LogP contribution in [0.3, 0.4) is 0 Å². The molecule has 168 valence electrons. The number of methoxy groups -OCH3 is 2. The summed E-state index contributed by atoms with van der Waals surface area (Å²) in [5.41, 5.74) is 1.23. The number of benzene rings is 3. The number of anilines is 1. The van der Waals surface area contributed by atoms with Crippen LogP contribution in [0.5, 0.6) is 11.5 Å². The Bertz CT molecular complexity index is 1190. The second-order valence-electron chi connectivity index (χ2n) is 6.85. The molecule has 3 aromatic carbocycles. The lowest BCUT2D eigenvalue weighted by atomic mass is 10.1. The van der Waals surface area contributed by atoms with E-state index in [1.165, 1.54) is 32.4 Å². The van der Waals surface area contributed by atoms with E-state index in [4.69, 9.17) is 21.1 Å². The average Bonchev–Trinajstić information content (AvgIpc) is 2.79. The van der Waals surface area contributed by atoms with Gasteiger partial charge >= 0.3 is 0 Å². The Kier molecular flexibility index (Phi) is 7.74. The van der Waals surface area contributed by atoms with Gasteiger partial charge in [-0.1, -0.05) is 54.1 Å². The maximum absolute atomic E-state index is 13.1. The smallest absolute Gasteiger partial charge is 0.243 e. The fourth-order valence-corrected chi connectivity index (χ4v) is 4.62. The van der Waals surface area contributed by atoms with E-state index >= 15 is 0 Å². The van der Waals surface area contributed by atoms with Gasteiger partial charge in [0.05, 0.1) is 29.8 Å².